The van der Waals surface area contributed by atoms with E-state index < -0.39 is 0 Å². The van der Waals surface area contributed by atoms with Gasteiger partial charge in [-0.1, -0.05) is 0 Å². The predicted molar refractivity (Wildman–Crippen MR) is 61.5 cm³/mol. The van der Waals surface area contributed by atoms with Crippen molar-refractivity contribution in [3.8, 4) is 5.75 Å². The molecular weight excluding hydrogens is 206 g/mol. The Morgan fingerprint density at radius 3 is 2.88 bits per heavy atom. The number of nitrogens with two attached hydrogens (primary N) is 1. The molecule has 1 aromatic heterocycles. The van der Waals surface area contributed by atoms with E-state index in [1.54, 1.807) is 32.2 Å². The van der Waals surface area contributed by atoms with Gasteiger partial charge in [0.15, 0.2) is 0 Å². The van der Waals surface area contributed by atoms with Crippen LogP contribution in [0.3, 0.4) is 0 Å². The van der Waals surface area contributed by atoms with Crippen LogP contribution in [0.4, 0.5) is 0 Å². The second-order valence-corrected chi connectivity index (χ2v) is 3.58. The molecule has 0 aliphatic carbocycles. The van der Waals surface area contributed by atoms with Gasteiger partial charge in [0.1, 0.15) is 5.75 Å². The molecule has 0 bridgehead atoms. The van der Waals surface area contributed by atoms with Gasteiger partial charge in [0, 0.05) is 6.07 Å². The van der Waals surface area contributed by atoms with Crippen LogP contribution < -0.4 is 16.0 Å². The summed E-state index contributed by atoms with van der Waals surface area (Å²) in [6.07, 6.45) is 1.07. The molecule has 16 heavy (non-hydrogen) atoms. The summed E-state index contributed by atoms with van der Waals surface area (Å²) in [5.74, 6) is 0.679. The van der Waals surface area contributed by atoms with E-state index in [0.717, 1.165) is 0 Å². The fraction of sp³-hybridized carbons (Fsp3) is 0.273. The lowest BCUT2D eigenvalue weighted by Crippen LogP contribution is -2.28. The van der Waals surface area contributed by atoms with E-state index in [4.69, 9.17) is 10.5 Å². The second-order valence-electron chi connectivity index (χ2n) is 3.58. The Morgan fingerprint density at radius 2 is 2.25 bits per heavy atom. The topological polar surface area (TPSA) is 70.1 Å². The number of aromatic nitrogens is 2. The minimum atomic E-state index is -0.383. The van der Waals surface area contributed by atoms with Crippen LogP contribution in [-0.4, -0.2) is 16.7 Å². The van der Waals surface area contributed by atoms with Crippen LogP contribution in [0, 0.1) is 0 Å². The maximum atomic E-state index is 12.0. The first kappa shape index (κ1) is 10.6. The molecule has 0 fully saturated rings. The molecule has 84 valence electrons. The largest absolute Gasteiger partial charge is 0.497 e. The molecular formula is C11H13N3O2. The fourth-order valence-corrected chi connectivity index (χ4v) is 1.53. The van der Waals surface area contributed by atoms with Crippen molar-refractivity contribution >= 4 is 10.9 Å². The number of fused-ring (bicyclic) bond motifs is 1. The summed E-state index contributed by atoms with van der Waals surface area (Å²) < 4.78 is 6.46. The normalized spacial score (nSPS) is 12.7. The Balaban J connectivity index is 2.72. The highest BCUT2D eigenvalue weighted by molar-refractivity contribution is 5.78. The Kier molecular flexibility index (Phi) is 2.62. The van der Waals surface area contributed by atoms with Gasteiger partial charge < -0.3 is 10.5 Å². The zero-order valence-corrected chi connectivity index (χ0v) is 9.18. The fourth-order valence-electron chi connectivity index (χ4n) is 1.53. The molecule has 1 aromatic carbocycles. The molecule has 0 radical (unpaired) electrons. The first-order valence-corrected chi connectivity index (χ1v) is 4.94. The van der Waals surface area contributed by atoms with Gasteiger partial charge in [-0.2, -0.15) is 0 Å². The van der Waals surface area contributed by atoms with Gasteiger partial charge in [0.05, 0.1) is 30.5 Å². The third kappa shape index (κ3) is 1.65. The lowest BCUT2D eigenvalue weighted by atomic mass is 10.2. The minimum absolute atomic E-state index is 0.136. The van der Waals surface area contributed by atoms with Crippen LogP contribution >= 0.6 is 0 Å². The van der Waals surface area contributed by atoms with Crippen molar-refractivity contribution < 1.29 is 4.74 Å². The predicted octanol–water partition coefficient (Wildman–Crippen LogP) is 0.882. The monoisotopic (exact) mass is 219 g/mol. The van der Waals surface area contributed by atoms with Crippen molar-refractivity contribution in [1.82, 2.24) is 9.55 Å². The molecule has 2 N–H and O–H groups in total. The lowest BCUT2D eigenvalue weighted by molar-refractivity contribution is 0.415. The van der Waals surface area contributed by atoms with Crippen LogP contribution in [0.1, 0.15) is 13.1 Å². The van der Waals surface area contributed by atoms with Crippen LogP contribution in [-0.2, 0) is 0 Å². The SMILES string of the molecule is COc1ccc2c(=O)n(C(C)N)cnc2c1. The Hall–Kier alpha value is -1.88. The van der Waals surface area contributed by atoms with Crippen molar-refractivity contribution in [3.63, 3.8) is 0 Å². The Morgan fingerprint density at radius 1 is 1.50 bits per heavy atom. The summed E-state index contributed by atoms with van der Waals surface area (Å²) in [6.45, 7) is 1.73. The molecule has 0 spiro atoms. The number of hydrogen-bond donors (Lipinski definition) is 1. The standard InChI is InChI=1S/C11H13N3O2/c1-7(12)14-6-13-10-5-8(16-2)3-4-9(10)11(14)15/h3-7H,12H2,1-2H3. The van der Waals surface area contributed by atoms with E-state index in [1.807, 2.05) is 0 Å². The third-order valence-corrected chi connectivity index (χ3v) is 2.43. The summed E-state index contributed by atoms with van der Waals surface area (Å²) in [4.78, 5) is 16.1. The van der Waals surface area contributed by atoms with E-state index in [0.29, 0.717) is 16.7 Å². The molecule has 1 atom stereocenters. The summed E-state index contributed by atoms with van der Waals surface area (Å²) in [7, 11) is 1.57. The van der Waals surface area contributed by atoms with E-state index in [1.165, 1.54) is 10.9 Å². The average molecular weight is 219 g/mol. The van der Waals surface area contributed by atoms with Crippen molar-refractivity contribution in [2.24, 2.45) is 5.73 Å². The van der Waals surface area contributed by atoms with Crippen molar-refractivity contribution in [3.05, 3.63) is 34.9 Å². The number of nitrogens with zero attached hydrogens (tertiary/aromatic N) is 2. The van der Waals surface area contributed by atoms with E-state index >= 15 is 0 Å². The number of methoxy groups -OCH3 is 1. The average Bonchev–Trinajstić information content (AvgIpc) is 2.28. The first-order chi connectivity index (χ1) is 7.63. The van der Waals surface area contributed by atoms with Crippen LogP contribution in [0.2, 0.25) is 0 Å². The molecule has 0 amide bonds. The summed E-state index contributed by atoms with van der Waals surface area (Å²) >= 11 is 0. The van der Waals surface area contributed by atoms with Gasteiger partial charge in [0.2, 0.25) is 0 Å². The zero-order valence-electron chi connectivity index (χ0n) is 9.18. The summed E-state index contributed by atoms with van der Waals surface area (Å²) in [5, 5.41) is 0.542. The van der Waals surface area contributed by atoms with Gasteiger partial charge in [-0.25, -0.2) is 4.98 Å². The van der Waals surface area contributed by atoms with E-state index in [2.05, 4.69) is 4.98 Å². The van der Waals surface area contributed by atoms with Crippen molar-refractivity contribution in [2.75, 3.05) is 7.11 Å². The molecule has 2 rings (SSSR count). The van der Waals surface area contributed by atoms with Gasteiger partial charge in [-0.3, -0.25) is 9.36 Å². The van der Waals surface area contributed by atoms with E-state index in [-0.39, 0.29) is 11.7 Å². The van der Waals surface area contributed by atoms with Gasteiger partial charge in [-0.15, -0.1) is 0 Å². The number of hydrogen-bond acceptors (Lipinski definition) is 4. The maximum absolute atomic E-state index is 12.0. The highest BCUT2D eigenvalue weighted by atomic mass is 16.5. The smallest absolute Gasteiger partial charge is 0.262 e. The molecule has 0 saturated heterocycles. The molecule has 5 heteroatoms. The van der Waals surface area contributed by atoms with Crippen LogP contribution in [0.15, 0.2) is 29.3 Å². The molecule has 0 aliphatic heterocycles. The number of rotatable bonds is 2. The minimum Gasteiger partial charge on any atom is -0.497 e. The van der Waals surface area contributed by atoms with Crippen molar-refractivity contribution in [2.45, 2.75) is 13.1 Å². The lowest BCUT2D eigenvalue weighted by Gasteiger charge is -2.10. The highest BCUT2D eigenvalue weighted by Gasteiger charge is 2.07. The summed E-state index contributed by atoms with van der Waals surface area (Å²) in [5.41, 5.74) is 6.14. The molecule has 1 heterocycles. The maximum Gasteiger partial charge on any atom is 0.262 e. The van der Waals surface area contributed by atoms with Crippen LogP contribution in [0.5, 0.6) is 5.75 Å². The van der Waals surface area contributed by atoms with Gasteiger partial charge in [-0.05, 0) is 19.1 Å². The number of benzene rings is 1. The van der Waals surface area contributed by atoms with Crippen LogP contribution in [0.25, 0.3) is 10.9 Å². The zero-order chi connectivity index (χ0) is 11.7. The molecule has 1 unspecified atom stereocenters. The van der Waals surface area contributed by atoms with E-state index in [9.17, 15) is 4.79 Å². The molecule has 0 aliphatic rings. The quantitative estimate of drug-likeness (QED) is 0.814. The number of ether oxygens (including phenoxy) is 1. The summed E-state index contributed by atoms with van der Waals surface area (Å²) in [6, 6.07) is 5.15. The first-order valence-electron chi connectivity index (χ1n) is 4.94. The molecule has 0 saturated carbocycles. The van der Waals surface area contributed by atoms with Gasteiger partial charge in [0.25, 0.3) is 5.56 Å². The van der Waals surface area contributed by atoms with Crippen molar-refractivity contribution in [1.29, 1.82) is 0 Å². The second kappa shape index (κ2) is 3.94. The third-order valence-electron chi connectivity index (χ3n) is 2.43. The Labute approximate surface area is 92.5 Å². The van der Waals surface area contributed by atoms with Gasteiger partial charge >= 0.3 is 0 Å². The molecule has 2 aromatic rings. The highest BCUT2D eigenvalue weighted by Crippen LogP contribution is 2.16. The molecule has 5 nitrogen and oxygen atoms in total. The Bertz CT molecular complexity index is 575.